The SMILES string of the molecule is N#CNC(=Nc1ccccc1)S[C@@H]1CC(=O)N(c2cccc(Cl)c2)C1=O. The lowest BCUT2D eigenvalue weighted by Crippen LogP contribution is -2.32. The minimum absolute atomic E-state index is 0.0247. The Morgan fingerprint density at radius 3 is 2.69 bits per heavy atom. The molecule has 130 valence electrons. The van der Waals surface area contributed by atoms with Crippen LogP contribution < -0.4 is 10.2 Å². The van der Waals surface area contributed by atoms with E-state index in [0.29, 0.717) is 16.4 Å². The van der Waals surface area contributed by atoms with Crippen molar-refractivity contribution in [3.8, 4) is 6.19 Å². The molecule has 8 heteroatoms. The maximum atomic E-state index is 12.7. The van der Waals surface area contributed by atoms with E-state index >= 15 is 0 Å². The van der Waals surface area contributed by atoms with Crippen molar-refractivity contribution in [3.05, 3.63) is 59.6 Å². The van der Waals surface area contributed by atoms with Crippen LogP contribution >= 0.6 is 23.4 Å². The number of rotatable bonds is 3. The molecular formula is C18H13ClN4O2S. The summed E-state index contributed by atoms with van der Waals surface area (Å²) in [4.78, 5) is 30.5. The topological polar surface area (TPSA) is 85.6 Å². The number of halogens is 1. The van der Waals surface area contributed by atoms with Crippen molar-refractivity contribution >= 4 is 51.7 Å². The number of amidine groups is 1. The van der Waals surface area contributed by atoms with Gasteiger partial charge >= 0.3 is 0 Å². The molecule has 1 saturated heterocycles. The number of aliphatic imine (C=N–C) groups is 1. The number of thioether (sulfide) groups is 1. The van der Waals surface area contributed by atoms with Crippen molar-refractivity contribution in [2.75, 3.05) is 4.90 Å². The summed E-state index contributed by atoms with van der Waals surface area (Å²) in [6, 6.07) is 15.6. The highest BCUT2D eigenvalue weighted by Crippen LogP contribution is 2.31. The van der Waals surface area contributed by atoms with Crippen molar-refractivity contribution < 1.29 is 9.59 Å². The number of para-hydroxylation sites is 1. The fourth-order valence-electron chi connectivity index (χ4n) is 2.47. The number of carbonyl (C=O) groups excluding carboxylic acids is 2. The zero-order valence-electron chi connectivity index (χ0n) is 13.4. The Morgan fingerprint density at radius 2 is 2.00 bits per heavy atom. The number of hydrogen-bond acceptors (Lipinski definition) is 5. The van der Waals surface area contributed by atoms with Crippen molar-refractivity contribution in [3.63, 3.8) is 0 Å². The molecule has 1 aliphatic heterocycles. The second-order valence-electron chi connectivity index (χ2n) is 5.35. The molecule has 6 nitrogen and oxygen atoms in total. The monoisotopic (exact) mass is 384 g/mol. The first kappa shape index (κ1) is 18.0. The number of hydrogen-bond donors (Lipinski definition) is 1. The number of benzene rings is 2. The molecule has 1 fully saturated rings. The molecule has 1 heterocycles. The highest BCUT2D eigenvalue weighted by molar-refractivity contribution is 8.15. The lowest BCUT2D eigenvalue weighted by molar-refractivity contribution is -0.121. The van der Waals surface area contributed by atoms with Crippen LogP contribution in [0, 0.1) is 11.5 Å². The van der Waals surface area contributed by atoms with E-state index < -0.39 is 5.25 Å². The van der Waals surface area contributed by atoms with E-state index in [1.165, 1.54) is 0 Å². The highest BCUT2D eigenvalue weighted by Gasteiger charge is 2.40. The fourth-order valence-corrected chi connectivity index (χ4v) is 3.62. The Kier molecular flexibility index (Phi) is 5.56. The third kappa shape index (κ3) is 4.04. The summed E-state index contributed by atoms with van der Waals surface area (Å²) >= 11 is 7.01. The average Bonchev–Trinajstić information content (AvgIpc) is 2.89. The molecule has 0 unspecified atom stereocenters. The third-order valence-corrected chi connectivity index (χ3v) is 4.88. The molecule has 1 N–H and O–H groups in total. The van der Waals surface area contributed by atoms with E-state index in [1.807, 2.05) is 24.4 Å². The predicted octanol–water partition coefficient (Wildman–Crippen LogP) is 3.46. The Bertz CT molecular complexity index is 911. The summed E-state index contributed by atoms with van der Waals surface area (Å²) in [7, 11) is 0. The first-order chi connectivity index (χ1) is 12.6. The molecule has 0 spiro atoms. The smallest absolute Gasteiger partial charge is 0.247 e. The normalized spacial score (nSPS) is 17.3. The van der Waals surface area contributed by atoms with Crippen molar-refractivity contribution in [1.29, 1.82) is 5.26 Å². The fraction of sp³-hybridized carbons (Fsp3) is 0.111. The molecule has 0 saturated carbocycles. The molecule has 26 heavy (non-hydrogen) atoms. The Hall–Kier alpha value is -2.82. The van der Waals surface area contributed by atoms with Gasteiger partial charge in [-0.3, -0.25) is 14.9 Å². The summed E-state index contributed by atoms with van der Waals surface area (Å²) in [5.74, 6) is -0.673. The first-order valence-corrected chi connectivity index (χ1v) is 8.92. The lowest BCUT2D eigenvalue weighted by atomic mass is 10.3. The van der Waals surface area contributed by atoms with E-state index in [4.69, 9.17) is 16.9 Å². The molecule has 2 aromatic carbocycles. The van der Waals surface area contributed by atoms with Gasteiger partial charge in [-0.2, -0.15) is 5.26 Å². The Balaban J connectivity index is 1.81. The third-order valence-electron chi connectivity index (χ3n) is 3.58. The number of amides is 2. The molecule has 0 bridgehead atoms. The van der Waals surface area contributed by atoms with Gasteiger partial charge in [-0.15, -0.1) is 0 Å². The molecule has 0 radical (unpaired) electrons. The van der Waals surface area contributed by atoms with E-state index in [-0.39, 0.29) is 23.4 Å². The van der Waals surface area contributed by atoms with Crippen molar-refractivity contribution in [1.82, 2.24) is 5.32 Å². The zero-order chi connectivity index (χ0) is 18.5. The molecule has 1 aliphatic rings. The number of anilines is 1. The molecule has 3 rings (SSSR count). The molecule has 0 aromatic heterocycles. The van der Waals surface area contributed by atoms with Gasteiger partial charge in [-0.1, -0.05) is 47.6 Å². The van der Waals surface area contributed by atoms with Crippen LogP contribution in [0.4, 0.5) is 11.4 Å². The maximum Gasteiger partial charge on any atom is 0.247 e. The van der Waals surface area contributed by atoms with Gasteiger partial charge in [0.15, 0.2) is 11.4 Å². The quantitative estimate of drug-likeness (QED) is 0.288. The number of nitrogens with zero attached hydrogens (tertiary/aromatic N) is 3. The Labute approximate surface area is 159 Å². The lowest BCUT2D eigenvalue weighted by Gasteiger charge is -2.15. The van der Waals surface area contributed by atoms with Crippen LogP contribution in [0.15, 0.2) is 59.6 Å². The summed E-state index contributed by atoms with van der Waals surface area (Å²) in [6.07, 6.45) is 1.83. The molecule has 0 aliphatic carbocycles. The van der Waals surface area contributed by atoms with E-state index in [0.717, 1.165) is 16.7 Å². The second-order valence-corrected chi connectivity index (χ2v) is 6.98. The average molecular weight is 385 g/mol. The second kappa shape index (κ2) is 8.04. The van der Waals surface area contributed by atoms with Gasteiger partial charge in [-0.05, 0) is 30.3 Å². The summed E-state index contributed by atoms with van der Waals surface area (Å²) in [5, 5.41) is 11.4. The summed E-state index contributed by atoms with van der Waals surface area (Å²) < 4.78 is 0. The summed E-state index contributed by atoms with van der Waals surface area (Å²) in [6.45, 7) is 0. The van der Waals surface area contributed by atoms with Gasteiger partial charge in [0.2, 0.25) is 11.8 Å². The number of imide groups is 1. The van der Waals surface area contributed by atoms with Crippen LogP contribution in [0.2, 0.25) is 5.02 Å². The van der Waals surface area contributed by atoms with Crippen LogP contribution in [-0.4, -0.2) is 22.2 Å². The van der Waals surface area contributed by atoms with Gasteiger partial charge in [-0.25, -0.2) is 9.89 Å². The number of carbonyl (C=O) groups is 2. The van der Waals surface area contributed by atoms with Crippen molar-refractivity contribution in [2.24, 2.45) is 4.99 Å². The number of nitrogens with one attached hydrogen (secondary N) is 1. The van der Waals surface area contributed by atoms with Crippen molar-refractivity contribution in [2.45, 2.75) is 11.7 Å². The van der Waals surface area contributed by atoms with Gasteiger partial charge in [0.1, 0.15) is 5.25 Å². The molecule has 2 aromatic rings. The van der Waals surface area contributed by atoms with E-state index in [1.54, 1.807) is 36.4 Å². The van der Waals surface area contributed by atoms with Gasteiger partial charge in [0.05, 0.1) is 11.4 Å². The largest absolute Gasteiger partial charge is 0.274 e. The zero-order valence-corrected chi connectivity index (χ0v) is 15.0. The maximum absolute atomic E-state index is 12.7. The summed E-state index contributed by atoms with van der Waals surface area (Å²) in [5.41, 5.74) is 1.08. The standard InChI is InChI=1S/C18H13ClN4O2S/c19-12-5-4-8-14(9-12)23-16(24)10-15(17(23)25)26-18(21-11-20)22-13-6-2-1-3-7-13/h1-9,15H,10H2,(H,21,22)/t15-/m1/s1. The van der Waals surface area contributed by atoms with Crippen LogP contribution in [-0.2, 0) is 9.59 Å². The van der Waals surface area contributed by atoms with Gasteiger partial charge < -0.3 is 0 Å². The van der Waals surface area contributed by atoms with Gasteiger partial charge in [0.25, 0.3) is 0 Å². The van der Waals surface area contributed by atoms with Crippen LogP contribution in [0.25, 0.3) is 0 Å². The highest BCUT2D eigenvalue weighted by atomic mass is 35.5. The van der Waals surface area contributed by atoms with E-state index in [2.05, 4.69) is 10.3 Å². The predicted molar refractivity (Wildman–Crippen MR) is 102 cm³/mol. The van der Waals surface area contributed by atoms with Gasteiger partial charge in [0, 0.05) is 11.4 Å². The van der Waals surface area contributed by atoms with Crippen LogP contribution in [0.1, 0.15) is 6.42 Å². The van der Waals surface area contributed by atoms with E-state index in [9.17, 15) is 9.59 Å². The van der Waals surface area contributed by atoms with Crippen LogP contribution in [0.3, 0.4) is 0 Å². The minimum Gasteiger partial charge on any atom is -0.274 e. The molecule has 2 amide bonds. The first-order valence-electron chi connectivity index (χ1n) is 7.66. The van der Waals surface area contributed by atoms with Crippen LogP contribution in [0.5, 0.6) is 0 Å². The minimum atomic E-state index is -0.662. The number of nitriles is 1. The molecule has 1 atom stereocenters. The molecular weight excluding hydrogens is 372 g/mol. The Morgan fingerprint density at radius 1 is 1.23 bits per heavy atom.